The Morgan fingerprint density at radius 3 is 2.81 bits per heavy atom. The average Bonchev–Trinajstić information content (AvgIpc) is 2.66. The molecule has 0 amide bonds. The predicted molar refractivity (Wildman–Crippen MR) is 68.2 cm³/mol. The van der Waals surface area contributed by atoms with Gasteiger partial charge in [-0.3, -0.25) is 0 Å². The molecule has 3 atom stereocenters. The van der Waals surface area contributed by atoms with Crippen molar-refractivity contribution in [1.82, 2.24) is 0 Å². The standard InChI is InChI=1S/C15H24O/c1-10(9-16)8-13-6-4-11(2)14-7-5-12(3)15(13)14/h8,11,13-14,16H,4-7,9H2,1-3H3/b10-8-. The molecular weight excluding hydrogens is 196 g/mol. The molecule has 0 radical (unpaired) electrons. The van der Waals surface area contributed by atoms with Crippen molar-refractivity contribution in [1.29, 1.82) is 0 Å². The highest BCUT2D eigenvalue weighted by Gasteiger charge is 2.35. The molecule has 1 nitrogen and oxygen atoms in total. The van der Waals surface area contributed by atoms with Crippen LogP contribution in [0.15, 0.2) is 22.8 Å². The molecule has 1 heteroatoms. The Bertz CT molecular complexity index is 324. The third kappa shape index (κ3) is 2.10. The van der Waals surface area contributed by atoms with Crippen molar-refractivity contribution < 1.29 is 5.11 Å². The first-order valence-electron chi connectivity index (χ1n) is 6.61. The molecule has 16 heavy (non-hydrogen) atoms. The normalized spacial score (nSPS) is 35.5. The maximum atomic E-state index is 9.14. The summed E-state index contributed by atoms with van der Waals surface area (Å²) in [6, 6.07) is 0. The minimum absolute atomic E-state index is 0.211. The predicted octanol–water partition coefficient (Wildman–Crippen LogP) is 3.70. The summed E-state index contributed by atoms with van der Waals surface area (Å²) in [6.45, 7) is 6.96. The first-order chi connectivity index (χ1) is 7.63. The van der Waals surface area contributed by atoms with Gasteiger partial charge < -0.3 is 5.11 Å². The summed E-state index contributed by atoms with van der Waals surface area (Å²) < 4.78 is 0. The summed E-state index contributed by atoms with van der Waals surface area (Å²) in [6.07, 6.45) is 7.60. The van der Waals surface area contributed by atoms with E-state index in [0.717, 1.165) is 17.4 Å². The summed E-state index contributed by atoms with van der Waals surface area (Å²) in [4.78, 5) is 0. The number of hydrogen-bond donors (Lipinski definition) is 1. The summed E-state index contributed by atoms with van der Waals surface area (Å²) in [5, 5.41) is 9.14. The highest BCUT2D eigenvalue weighted by Crippen LogP contribution is 2.48. The van der Waals surface area contributed by atoms with E-state index in [4.69, 9.17) is 5.11 Å². The van der Waals surface area contributed by atoms with Gasteiger partial charge in [0.05, 0.1) is 6.61 Å². The van der Waals surface area contributed by atoms with Gasteiger partial charge >= 0.3 is 0 Å². The molecule has 0 bridgehead atoms. The second-order valence-corrected chi connectivity index (χ2v) is 5.71. The minimum atomic E-state index is 0.211. The SMILES string of the molecule is CC1=C2C(/C=C(/C)CO)CCC(C)C2CC1. The monoisotopic (exact) mass is 220 g/mol. The van der Waals surface area contributed by atoms with Gasteiger partial charge in [-0.05, 0) is 57.3 Å². The fourth-order valence-corrected chi connectivity index (χ4v) is 3.54. The maximum absolute atomic E-state index is 9.14. The molecule has 90 valence electrons. The average molecular weight is 220 g/mol. The van der Waals surface area contributed by atoms with Crippen LogP contribution in [0.5, 0.6) is 0 Å². The Morgan fingerprint density at radius 1 is 1.38 bits per heavy atom. The van der Waals surface area contributed by atoms with Crippen molar-refractivity contribution in [2.75, 3.05) is 6.61 Å². The molecule has 1 N–H and O–H groups in total. The summed E-state index contributed by atoms with van der Waals surface area (Å²) in [5.41, 5.74) is 4.47. The van der Waals surface area contributed by atoms with Crippen molar-refractivity contribution in [2.45, 2.75) is 46.5 Å². The van der Waals surface area contributed by atoms with Crippen molar-refractivity contribution in [3.8, 4) is 0 Å². The lowest BCUT2D eigenvalue weighted by molar-refractivity contribution is 0.296. The van der Waals surface area contributed by atoms with Crippen molar-refractivity contribution in [2.24, 2.45) is 17.8 Å². The van der Waals surface area contributed by atoms with Crippen LogP contribution in [0, 0.1) is 17.8 Å². The molecule has 1 fully saturated rings. The maximum Gasteiger partial charge on any atom is 0.0639 e. The van der Waals surface area contributed by atoms with E-state index in [1.54, 1.807) is 11.1 Å². The third-order valence-corrected chi connectivity index (χ3v) is 4.48. The molecule has 2 aliphatic carbocycles. The van der Waals surface area contributed by atoms with E-state index in [1.807, 2.05) is 6.92 Å². The lowest BCUT2D eigenvalue weighted by Crippen LogP contribution is -2.23. The van der Waals surface area contributed by atoms with Crippen molar-refractivity contribution in [3.63, 3.8) is 0 Å². The van der Waals surface area contributed by atoms with E-state index in [-0.39, 0.29) is 6.61 Å². The second kappa shape index (κ2) is 4.75. The van der Waals surface area contributed by atoms with E-state index in [1.165, 1.54) is 25.7 Å². The summed E-state index contributed by atoms with van der Waals surface area (Å²) in [7, 11) is 0. The molecule has 0 aromatic carbocycles. The lowest BCUT2D eigenvalue weighted by Gasteiger charge is -2.34. The molecule has 0 heterocycles. The zero-order valence-electron chi connectivity index (χ0n) is 10.8. The van der Waals surface area contributed by atoms with Gasteiger partial charge in [0.2, 0.25) is 0 Å². The smallest absolute Gasteiger partial charge is 0.0639 e. The zero-order chi connectivity index (χ0) is 11.7. The first-order valence-corrected chi connectivity index (χ1v) is 6.61. The fraction of sp³-hybridized carbons (Fsp3) is 0.733. The molecule has 0 aliphatic heterocycles. The Labute approximate surface area is 99.3 Å². The topological polar surface area (TPSA) is 20.2 Å². The van der Waals surface area contributed by atoms with Gasteiger partial charge in [-0.25, -0.2) is 0 Å². The van der Waals surface area contributed by atoms with Crippen LogP contribution in [0.3, 0.4) is 0 Å². The highest BCUT2D eigenvalue weighted by atomic mass is 16.3. The Balaban J connectivity index is 2.24. The van der Waals surface area contributed by atoms with Gasteiger partial charge in [0.25, 0.3) is 0 Å². The van der Waals surface area contributed by atoms with Crippen LogP contribution in [0.4, 0.5) is 0 Å². The van der Waals surface area contributed by atoms with E-state index in [2.05, 4.69) is 19.9 Å². The van der Waals surface area contributed by atoms with E-state index in [0.29, 0.717) is 5.92 Å². The van der Waals surface area contributed by atoms with Gasteiger partial charge in [0, 0.05) is 0 Å². The van der Waals surface area contributed by atoms with E-state index >= 15 is 0 Å². The molecule has 3 unspecified atom stereocenters. The number of rotatable bonds is 2. The number of allylic oxidation sites excluding steroid dienone is 3. The van der Waals surface area contributed by atoms with Crippen LogP contribution in [0.1, 0.15) is 46.5 Å². The summed E-state index contributed by atoms with van der Waals surface area (Å²) in [5.74, 6) is 2.32. The lowest BCUT2D eigenvalue weighted by atomic mass is 9.71. The minimum Gasteiger partial charge on any atom is -0.392 e. The number of aliphatic hydroxyl groups is 1. The zero-order valence-corrected chi connectivity index (χ0v) is 10.8. The Morgan fingerprint density at radius 2 is 2.12 bits per heavy atom. The molecule has 0 saturated heterocycles. The number of fused-ring (bicyclic) bond motifs is 1. The molecule has 1 saturated carbocycles. The van der Waals surface area contributed by atoms with Crippen LogP contribution in [0.2, 0.25) is 0 Å². The molecule has 2 aliphatic rings. The fourth-order valence-electron chi connectivity index (χ4n) is 3.54. The van der Waals surface area contributed by atoms with Gasteiger partial charge in [-0.15, -0.1) is 0 Å². The molecule has 2 rings (SSSR count). The Hall–Kier alpha value is -0.560. The van der Waals surface area contributed by atoms with Crippen LogP contribution >= 0.6 is 0 Å². The largest absolute Gasteiger partial charge is 0.392 e. The van der Waals surface area contributed by atoms with Gasteiger partial charge in [-0.2, -0.15) is 0 Å². The molecular formula is C15H24O. The van der Waals surface area contributed by atoms with Gasteiger partial charge in [-0.1, -0.05) is 29.7 Å². The first kappa shape index (κ1) is 11.9. The Kier molecular flexibility index (Phi) is 3.53. The van der Waals surface area contributed by atoms with Gasteiger partial charge in [0.1, 0.15) is 0 Å². The number of hydrogen-bond acceptors (Lipinski definition) is 1. The molecule has 0 aromatic rings. The third-order valence-electron chi connectivity index (χ3n) is 4.48. The second-order valence-electron chi connectivity index (χ2n) is 5.71. The van der Waals surface area contributed by atoms with Crippen LogP contribution in [-0.2, 0) is 0 Å². The molecule has 0 aromatic heterocycles. The number of aliphatic hydroxyl groups excluding tert-OH is 1. The summed E-state index contributed by atoms with van der Waals surface area (Å²) >= 11 is 0. The molecule has 0 spiro atoms. The van der Waals surface area contributed by atoms with Gasteiger partial charge in [0.15, 0.2) is 0 Å². The van der Waals surface area contributed by atoms with Crippen LogP contribution in [0.25, 0.3) is 0 Å². The van der Waals surface area contributed by atoms with E-state index in [9.17, 15) is 0 Å². The van der Waals surface area contributed by atoms with Crippen LogP contribution in [-0.4, -0.2) is 11.7 Å². The van der Waals surface area contributed by atoms with Crippen molar-refractivity contribution in [3.05, 3.63) is 22.8 Å². The quantitative estimate of drug-likeness (QED) is 0.704. The van der Waals surface area contributed by atoms with E-state index < -0.39 is 0 Å². The highest BCUT2D eigenvalue weighted by molar-refractivity contribution is 5.30. The van der Waals surface area contributed by atoms with Crippen molar-refractivity contribution >= 4 is 0 Å². The van der Waals surface area contributed by atoms with Crippen LogP contribution < -0.4 is 0 Å².